The highest BCUT2D eigenvalue weighted by Crippen LogP contribution is 2.26. The molecule has 0 radical (unpaired) electrons. The van der Waals surface area contributed by atoms with Crippen LogP contribution in [0.3, 0.4) is 0 Å². The number of carbonyl (C=O) groups excluding carboxylic acids is 2. The molecule has 6 nitrogen and oxygen atoms in total. The van der Waals surface area contributed by atoms with Crippen LogP contribution in [0, 0.1) is 17.3 Å². The summed E-state index contributed by atoms with van der Waals surface area (Å²) in [5.41, 5.74) is 0.318. The number of aromatic nitrogens is 1. The molecule has 3 rings (SSSR count). The predicted molar refractivity (Wildman–Crippen MR) is 126 cm³/mol. The molecule has 6 heteroatoms. The maximum Gasteiger partial charge on any atom is 0.169 e. The van der Waals surface area contributed by atoms with Gasteiger partial charge < -0.3 is 9.80 Å². The van der Waals surface area contributed by atoms with Gasteiger partial charge in [-0.05, 0) is 37.4 Å². The van der Waals surface area contributed by atoms with Crippen LogP contribution in [0.4, 0.5) is 5.82 Å². The smallest absolute Gasteiger partial charge is 0.169 e. The number of rotatable bonds is 8. The highest BCUT2D eigenvalue weighted by Gasteiger charge is 2.27. The van der Waals surface area contributed by atoms with Crippen LogP contribution in [0.15, 0.2) is 18.3 Å². The topological polar surface area (TPSA) is 56.8 Å². The SMILES string of the molecule is CC(C)C(=O)CN1CCN(CCC2CCN(c3ccc(C(=O)C(C)(C)C)cn3)C2)CC1. The number of carbonyl (C=O) groups is 2. The van der Waals surface area contributed by atoms with Gasteiger partial charge in [-0.25, -0.2) is 4.98 Å². The minimum Gasteiger partial charge on any atom is -0.356 e. The molecule has 2 aliphatic rings. The molecule has 1 atom stereocenters. The second-order valence-corrected chi connectivity index (χ2v) is 10.6. The van der Waals surface area contributed by atoms with Gasteiger partial charge >= 0.3 is 0 Å². The molecule has 0 saturated carbocycles. The third-order valence-electron chi connectivity index (χ3n) is 6.64. The zero-order valence-electron chi connectivity index (χ0n) is 20.1. The molecular formula is C25H40N4O2. The average molecular weight is 429 g/mol. The molecular weight excluding hydrogens is 388 g/mol. The van der Waals surface area contributed by atoms with E-state index in [0.717, 1.165) is 51.6 Å². The average Bonchev–Trinajstić information content (AvgIpc) is 3.21. The number of hydrogen-bond donors (Lipinski definition) is 0. The van der Waals surface area contributed by atoms with Gasteiger partial charge in [-0.3, -0.25) is 14.5 Å². The van der Waals surface area contributed by atoms with Gasteiger partial charge in [-0.2, -0.15) is 0 Å². The van der Waals surface area contributed by atoms with E-state index >= 15 is 0 Å². The van der Waals surface area contributed by atoms with Crippen LogP contribution in [0.5, 0.6) is 0 Å². The van der Waals surface area contributed by atoms with Crippen molar-refractivity contribution in [2.75, 3.05) is 57.3 Å². The summed E-state index contributed by atoms with van der Waals surface area (Å²) >= 11 is 0. The number of piperazine rings is 1. The molecule has 1 unspecified atom stereocenters. The number of nitrogens with zero attached hydrogens (tertiary/aromatic N) is 4. The molecule has 0 N–H and O–H groups in total. The van der Waals surface area contributed by atoms with Crippen molar-refractivity contribution in [1.29, 1.82) is 0 Å². The minimum absolute atomic E-state index is 0.132. The Morgan fingerprint density at radius 3 is 2.32 bits per heavy atom. The Labute approximate surface area is 188 Å². The molecule has 1 aromatic heterocycles. The van der Waals surface area contributed by atoms with E-state index in [0.29, 0.717) is 23.8 Å². The summed E-state index contributed by atoms with van der Waals surface area (Å²) in [5, 5.41) is 0. The van der Waals surface area contributed by atoms with E-state index in [9.17, 15) is 9.59 Å². The van der Waals surface area contributed by atoms with E-state index in [1.54, 1.807) is 6.20 Å². The molecule has 1 aromatic rings. The molecule has 2 fully saturated rings. The van der Waals surface area contributed by atoms with Gasteiger partial charge in [-0.1, -0.05) is 34.6 Å². The lowest BCUT2D eigenvalue weighted by Crippen LogP contribution is -2.48. The van der Waals surface area contributed by atoms with Crippen molar-refractivity contribution in [1.82, 2.24) is 14.8 Å². The van der Waals surface area contributed by atoms with Gasteiger partial charge in [0.25, 0.3) is 0 Å². The Balaban J connectivity index is 1.40. The molecule has 172 valence electrons. The van der Waals surface area contributed by atoms with Crippen molar-refractivity contribution >= 4 is 17.4 Å². The van der Waals surface area contributed by atoms with Crippen LogP contribution in [0.2, 0.25) is 0 Å². The van der Waals surface area contributed by atoms with Gasteiger partial charge in [0.2, 0.25) is 0 Å². The Hall–Kier alpha value is -1.79. The lowest BCUT2D eigenvalue weighted by atomic mass is 9.87. The standard InChI is InChI=1S/C25H40N4O2/c1-19(2)22(30)18-28-14-12-27(13-15-28)10-8-20-9-11-29(17-20)23-7-6-21(16-26-23)24(31)25(3,4)5/h6-7,16,19-20H,8-15,17-18H2,1-5H3. The summed E-state index contributed by atoms with van der Waals surface area (Å²) in [6, 6.07) is 3.92. The summed E-state index contributed by atoms with van der Waals surface area (Å²) in [6.45, 7) is 17.7. The summed E-state index contributed by atoms with van der Waals surface area (Å²) < 4.78 is 0. The summed E-state index contributed by atoms with van der Waals surface area (Å²) in [6.07, 6.45) is 4.15. The van der Waals surface area contributed by atoms with Crippen molar-refractivity contribution in [2.45, 2.75) is 47.5 Å². The molecule has 0 bridgehead atoms. The molecule has 2 aliphatic heterocycles. The summed E-state index contributed by atoms with van der Waals surface area (Å²) in [5.74, 6) is 2.30. The molecule has 0 aliphatic carbocycles. The van der Waals surface area contributed by atoms with Gasteiger partial charge in [0.05, 0.1) is 6.54 Å². The van der Waals surface area contributed by atoms with Crippen LogP contribution in [0.1, 0.15) is 57.8 Å². The maximum atomic E-state index is 12.4. The third kappa shape index (κ3) is 6.59. The molecule has 31 heavy (non-hydrogen) atoms. The van der Waals surface area contributed by atoms with Crippen molar-refractivity contribution in [3.05, 3.63) is 23.9 Å². The number of Topliss-reactive ketones (excluding diaryl/α,β-unsaturated/α-hetero) is 2. The molecule has 0 aromatic carbocycles. The lowest BCUT2D eigenvalue weighted by molar-refractivity contribution is -0.123. The molecule has 3 heterocycles. The van der Waals surface area contributed by atoms with Gasteiger partial charge in [0.15, 0.2) is 5.78 Å². The van der Waals surface area contributed by atoms with E-state index in [1.165, 1.54) is 12.8 Å². The Kier molecular flexibility index (Phi) is 7.87. The third-order valence-corrected chi connectivity index (χ3v) is 6.64. The van der Waals surface area contributed by atoms with Gasteiger partial charge in [0.1, 0.15) is 11.6 Å². The second kappa shape index (κ2) is 10.2. The van der Waals surface area contributed by atoms with Crippen LogP contribution in [-0.2, 0) is 4.79 Å². The van der Waals surface area contributed by atoms with Crippen molar-refractivity contribution < 1.29 is 9.59 Å². The Morgan fingerprint density at radius 1 is 1.06 bits per heavy atom. The highest BCUT2D eigenvalue weighted by atomic mass is 16.1. The fourth-order valence-corrected chi connectivity index (χ4v) is 4.36. The first kappa shape index (κ1) is 23.9. The lowest BCUT2D eigenvalue weighted by Gasteiger charge is -2.35. The van der Waals surface area contributed by atoms with Crippen molar-refractivity contribution in [3.8, 4) is 0 Å². The quantitative estimate of drug-likeness (QED) is 0.592. The fraction of sp³-hybridized carbons (Fsp3) is 0.720. The van der Waals surface area contributed by atoms with Crippen LogP contribution >= 0.6 is 0 Å². The van der Waals surface area contributed by atoms with Gasteiger partial charge in [-0.15, -0.1) is 0 Å². The van der Waals surface area contributed by atoms with E-state index < -0.39 is 0 Å². The van der Waals surface area contributed by atoms with Crippen LogP contribution < -0.4 is 4.90 Å². The van der Waals surface area contributed by atoms with Gasteiger partial charge in [0, 0.05) is 62.4 Å². The zero-order valence-corrected chi connectivity index (χ0v) is 20.1. The number of pyridine rings is 1. The fourth-order valence-electron chi connectivity index (χ4n) is 4.36. The highest BCUT2D eigenvalue weighted by molar-refractivity contribution is 5.99. The van der Waals surface area contributed by atoms with Crippen LogP contribution in [-0.4, -0.2) is 78.7 Å². The number of ketones is 2. The first-order valence-corrected chi connectivity index (χ1v) is 11.9. The predicted octanol–water partition coefficient (Wildman–Crippen LogP) is 3.37. The first-order chi connectivity index (χ1) is 14.6. The van der Waals surface area contributed by atoms with E-state index in [1.807, 2.05) is 46.8 Å². The van der Waals surface area contributed by atoms with Crippen LogP contribution in [0.25, 0.3) is 0 Å². The zero-order chi connectivity index (χ0) is 22.6. The largest absolute Gasteiger partial charge is 0.356 e. The normalized spacial score (nSPS) is 21.1. The monoisotopic (exact) mass is 428 g/mol. The van der Waals surface area contributed by atoms with Crippen molar-refractivity contribution in [2.24, 2.45) is 17.3 Å². The first-order valence-electron chi connectivity index (χ1n) is 11.9. The summed E-state index contributed by atoms with van der Waals surface area (Å²) in [7, 11) is 0. The Morgan fingerprint density at radius 2 is 1.74 bits per heavy atom. The number of anilines is 1. The molecule has 0 amide bonds. The minimum atomic E-state index is -0.378. The van der Waals surface area contributed by atoms with E-state index in [2.05, 4.69) is 19.7 Å². The summed E-state index contributed by atoms with van der Waals surface area (Å²) in [4.78, 5) is 36.2. The second-order valence-electron chi connectivity index (χ2n) is 10.6. The molecule has 0 spiro atoms. The van der Waals surface area contributed by atoms with E-state index in [4.69, 9.17) is 0 Å². The Bertz CT molecular complexity index is 746. The van der Waals surface area contributed by atoms with Crippen molar-refractivity contribution in [3.63, 3.8) is 0 Å². The molecule has 2 saturated heterocycles. The maximum absolute atomic E-state index is 12.4. The number of hydrogen-bond acceptors (Lipinski definition) is 6. The van der Waals surface area contributed by atoms with E-state index in [-0.39, 0.29) is 17.1 Å².